The molecule has 0 heterocycles. The Hall–Kier alpha value is -0.980. The Labute approximate surface area is 61.7 Å². The summed E-state index contributed by atoms with van der Waals surface area (Å²) in [5.74, 6) is 0.532. The van der Waals surface area contributed by atoms with E-state index >= 15 is 0 Å². The average Bonchev–Trinajstić information content (AvgIpc) is 2.03. The highest BCUT2D eigenvalue weighted by atomic mass is 16.5. The van der Waals surface area contributed by atoms with Crippen LogP contribution in [0.5, 0.6) is 0 Å². The number of ether oxygens (including phenoxy) is 1. The van der Waals surface area contributed by atoms with Crippen molar-refractivity contribution in [1.82, 2.24) is 0 Å². The summed E-state index contributed by atoms with van der Waals surface area (Å²) in [6, 6.07) is 0. The number of methoxy groups -OCH3 is 1. The fourth-order valence-electron chi connectivity index (χ4n) is 0.922. The minimum Gasteiger partial charge on any atom is -0.505 e. The summed E-state index contributed by atoms with van der Waals surface area (Å²) in [5.41, 5.74) is 0. The largest absolute Gasteiger partial charge is 0.505 e. The molecule has 0 fully saturated rings. The van der Waals surface area contributed by atoms with Gasteiger partial charge < -0.3 is 4.74 Å². The summed E-state index contributed by atoms with van der Waals surface area (Å²) in [6.45, 7) is 0. The van der Waals surface area contributed by atoms with Gasteiger partial charge in [-0.1, -0.05) is 24.3 Å². The number of hydrogen-bond donors (Lipinski definition) is 0. The molecule has 0 aliphatic heterocycles. The second-order valence-electron chi connectivity index (χ2n) is 2.28. The van der Waals surface area contributed by atoms with Gasteiger partial charge >= 0.3 is 0 Å². The minimum absolute atomic E-state index is 0.532. The van der Waals surface area contributed by atoms with E-state index in [0.29, 0.717) is 5.92 Å². The van der Waals surface area contributed by atoms with Gasteiger partial charge in [0.2, 0.25) is 0 Å². The Morgan fingerprint density at radius 2 is 2.40 bits per heavy atom. The van der Waals surface area contributed by atoms with Crippen LogP contribution in [0.2, 0.25) is 0 Å². The zero-order valence-electron chi connectivity index (χ0n) is 6.16. The number of rotatable bonds is 2. The summed E-state index contributed by atoms with van der Waals surface area (Å²) in [4.78, 5) is 0. The third-order valence-corrected chi connectivity index (χ3v) is 1.48. The van der Waals surface area contributed by atoms with E-state index in [-0.39, 0.29) is 0 Å². The molecule has 0 bridgehead atoms. The van der Waals surface area contributed by atoms with E-state index < -0.39 is 0 Å². The average molecular weight is 136 g/mol. The monoisotopic (exact) mass is 136 g/mol. The Balaban J connectivity index is 2.36. The molecule has 0 N–H and O–H groups in total. The molecule has 0 amide bonds. The first-order valence-electron chi connectivity index (χ1n) is 3.46. The van der Waals surface area contributed by atoms with Crippen LogP contribution >= 0.6 is 0 Å². The van der Waals surface area contributed by atoms with Crippen LogP contribution < -0.4 is 0 Å². The first kappa shape index (κ1) is 7.13. The standard InChI is InChI=1S/C9H12O/c1-10-8-7-9-5-3-2-4-6-9/h2-5,7-9H,6H2,1H3/b8-7-. The van der Waals surface area contributed by atoms with Crippen molar-refractivity contribution in [3.63, 3.8) is 0 Å². The maximum absolute atomic E-state index is 4.81. The lowest BCUT2D eigenvalue weighted by molar-refractivity contribution is 0.335. The second-order valence-corrected chi connectivity index (χ2v) is 2.28. The third kappa shape index (κ3) is 2.09. The van der Waals surface area contributed by atoms with Crippen molar-refractivity contribution in [1.29, 1.82) is 0 Å². The van der Waals surface area contributed by atoms with Gasteiger partial charge in [0, 0.05) is 5.92 Å². The lowest BCUT2D eigenvalue weighted by Crippen LogP contribution is -1.91. The SMILES string of the molecule is CO/C=C\C1C=CC=CC1. The first-order chi connectivity index (χ1) is 4.93. The van der Waals surface area contributed by atoms with Gasteiger partial charge in [-0.25, -0.2) is 0 Å². The molecular weight excluding hydrogens is 124 g/mol. The lowest BCUT2D eigenvalue weighted by atomic mass is 10.0. The molecule has 0 aromatic heterocycles. The van der Waals surface area contributed by atoms with E-state index in [9.17, 15) is 0 Å². The van der Waals surface area contributed by atoms with Gasteiger partial charge in [-0.2, -0.15) is 0 Å². The molecule has 1 atom stereocenters. The molecule has 0 spiro atoms. The zero-order valence-corrected chi connectivity index (χ0v) is 6.16. The van der Waals surface area contributed by atoms with E-state index in [1.54, 1.807) is 13.4 Å². The molecular formula is C9H12O. The summed E-state index contributed by atoms with van der Waals surface area (Å²) in [5, 5.41) is 0. The predicted molar refractivity (Wildman–Crippen MR) is 42.5 cm³/mol. The fourth-order valence-corrected chi connectivity index (χ4v) is 0.922. The van der Waals surface area contributed by atoms with Crippen LogP contribution in [0.3, 0.4) is 0 Å². The highest BCUT2D eigenvalue weighted by Crippen LogP contribution is 2.12. The molecule has 0 saturated heterocycles. The summed E-state index contributed by atoms with van der Waals surface area (Å²) >= 11 is 0. The van der Waals surface area contributed by atoms with Gasteiger partial charge in [0.1, 0.15) is 0 Å². The van der Waals surface area contributed by atoms with Crippen molar-refractivity contribution in [2.75, 3.05) is 7.11 Å². The summed E-state index contributed by atoms with van der Waals surface area (Å²) in [7, 11) is 1.67. The predicted octanol–water partition coefficient (Wildman–Crippen LogP) is 2.28. The van der Waals surface area contributed by atoms with Gasteiger partial charge in [0.25, 0.3) is 0 Å². The number of allylic oxidation sites excluding steroid dienone is 5. The van der Waals surface area contributed by atoms with Crippen LogP contribution in [-0.2, 0) is 4.74 Å². The van der Waals surface area contributed by atoms with E-state index in [0.717, 1.165) is 6.42 Å². The molecule has 1 aliphatic carbocycles. The molecule has 1 aliphatic rings. The smallest absolute Gasteiger partial charge is 0.0790 e. The molecule has 0 aromatic rings. The Morgan fingerprint density at radius 1 is 1.50 bits per heavy atom. The molecule has 54 valence electrons. The minimum atomic E-state index is 0.532. The quantitative estimate of drug-likeness (QED) is 0.529. The highest BCUT2D eigenvalue weighted by molar-refractivity contribution is 5.14. The normalized spacial score (nSPS) is 23.9. The van der Waals surface area contributed by atoms with Gasteiger partial charge in [-0.15, -0.1) is 0 Å². The second kappa shape index (κ2) is 3.94. The zero-order chi connectivity index (χ0) is 7.23. The Morgan fingerprint density at radius 3 is 3.00 bits per heavy atom. The topological polar surface area (TPSA) is 9.23 Å². The van der Waals surface area contributed by atoms with Gasteiger partial charge in [0.15, 0.2) is 0 Å². The molecule has 1 nitrogen and oxygen atoms in total. The van der Waals surface area contributed by atoms with Gasteiger partial charge in [0.05, 0.1) is 13.4 Å². The molecule has 0 radical (unpaired) electrons. The van der Waals surface area contributed by atoms with Crippen LogP contribution in [0.1, 0.15) is 6.42 Å². The van der Waals surface area contributed by atoms with Crippen molar-refractivity contribution >= 4 is 0 Å². The molecule has 1 unspecified atom stereocenters. The van der Waals surface area contributed by atoms with E-state index in [2.05, 4.69) is 30.4 Å². The van der Waals surface area contributed by atoms with E-state index in [1.807, 2.05) is 0 Å². The van der Waals surface area contributed by atoms with Crippen LogP contribution in [0, 0.1) is 5.92 Å². The Kier molecular flexibility index (Phi) is 2.81. The fraction of sp³-hybridized carbons (Fsp3) is 0.333. The van der Waals surface area contributed by atoms with Crippen molar-refractivity contribution in [3.8, 4) is 0 Å². The van der Waals surface area contributed by atoms with Gasteiger partial charge in [-0.3, -0.25) is 0 Å². The van der Waals surface area contributed by atoms with Crippen molar-refractivity contribution in [2.24, 2.45) is 5.92 Å². The number of hydrogen-bond acceptors (Lipinski definition) is 1. The van der Waals surface area contributed by atoms with Crippen molar-refractivity contribution < 1.29 is 4.74 Å². The van der Waals surface area contributed by atoms with Gasteiger partial charge in [-0.05, 0) is 12.5 Å². The molecule has 1 rings (SSSR count). The first-order valence-corrected chi connectivity index (χ1v) is 3.46. The summed E-state index contributed by atoms with van der Waals surface area (Å²) in [6.07, 6.45) is 13.3. The lowest BCUT2D eigenvalue weighted by Gasteiger charge is -2.05. The van der Waals surface area contributed by atoms with E-state index in [4.69, 9.17) is 4.74 Å². The molecule has 0 aromatic carbocycles. The summed E-state index contributed by atoms with van der Waals surface area (Å²) < 4.78 is 4.81. The van der Waals surface area contributed by atoms with Crippen molar-refractivity contribution in [2.45, 2.75) is 6.42 Å². The maximum atomic E-state index is 4.81. The van der Waals surface area contributed by atoms with Crippen LogP contribution in [0.4, 0.5) is 0 Å². The van der Waals surface area contributed by atoms with Crippen LogP contribution in [0.15, 0.2) is 36.6 Å². The van der Waals surface area contributed by atoms with Crippen molar-refractivity contribution in [3.05, 3.63) is 36.6 Å². The van der Waals surface area contributed by atoms with E-state index in [1.165, 1.54) is 0 Å². The third-order valence-electron chi connectivity index (χ3n) is 1.48. The Bertz CT molecular complexity index is 166. The van der Waals surface area contributed by atoms with Crippen LogP contribution in [-0.4, -0.2) is 7.11 Å². The van der Waals surface area contributed by atoms with Crippen LogP contribution in [0.25, 0.3) is 0 Å². The highest BCUT2D eigenvalue weighted by Gasteiger charge is 1.98. The maximum Gasteiger partial charge on any atom is 0.0790 e. The molecule has 10 heavy (non-hydrogen) atoms. The molecule has 1 heteroatoms. The molecule has 0 saturated carbocycles.